The zero-order valence-corrected chi connectivity index (χ0v) is 22.3. The maximum atomic E-state index is 3.59. The summed E-state index contributed by atoms with van der Waals surface area (Å²) in [6, 6.07) is 52.3. The third-order valence-corrected chi connectivity index (χ3v) is 7.78. The fraction of sp³-hybridized carbons (Fsp3) is 0. The van der Waals surface area contributed by atoms with Gasteiger partial charge in [0.25, 0.3) is 0 Å². The monoisotopic (exact) mass is 549 g/mol. The van der Waals surface area contributed by atoms with Crippen LogP contribution in [-0.4, -0.2) is 4.57 Å². The number of aromatic nitrogens is 1. The molecule has 0 aliphatic heterocycles. The second-order valence-electron chi connectivity index (χ2n) is 9.59. The molecule has 0 fully saturated rings. The van der Waals surface area contributed by atoms with Crippen LogP contribution in [0.4, 0.5) is 0 Å². The first kappa shape index (κ1) is 22.8. The topological polar surface area (TPSA) is 4.93 Å². The highest BCUT2D eigenvalue weighted by Gasteiger charge is 2.13. The van der Waals surface area contributed by atoms with Crippen LogP contribution in [0.15, 0.2) is 150 Å². The highest BCUT2D eigenvalue weighted by atomic mass is 79.9. The van der Waals surface area contributed by atoms with Gasteiger partial charge < -0.3 is 4.57 Å². The third-order valence-electron chi connectivity index (χ3n) is 7.28. The lowest BCUT2D eigenvalue weighted by Gasteiger charge is -2.11. The molecule has 180 valence electrons. The van der Waals surface area contributed by atoms with Crippen LogP contribution in [-0.2, 0) is 0 Å². The molecule has 0 N–H and O–H groups in total. The molecule has 1 aromatic heterocycles. The van der Waals surface area contributed by atoms with Crippen LogP contribution in [0.3, 0.4) is 0 Å². The maximum absolute atomic E-state index is 3.59. The Hall–Kier alpha value is -4.40. The summed E-state index contributed by atoms with van der Waals surface area (Å²) < 4.78 is 3.48. The fourth-order valence-corrected chi connectivity index (χ4v) is 5.78. The lowest BCUT2D eigenvalue weighted by atomic mass is 9.99. The number of benzene rings is 6. The fourth-order valence-electron chi connectivity index (χ4n) is 5.39. The largest absolute Gasteiger partial charge is 0.309 e. The maximum Gasteiger partial charge on any atom is 0.0547 e. The molecule has 0 aliphatic carbocycles. The van der Waals surface area contributed by atoms with E-state index in [0.29, 0.717) is 0 Å². The SMILES string of the molecule is Brc1cccc(-c2ccc(-c3ccc4c5ccccc5n(-c5ccc(-c6ccccc6)cc5)c4c3)cc2)c1. The molecule has 0 aliphatic rings. The molecule has 1 heterocycles. The summed E-state index contributed by atoms with van der Waals surface area (Å²) in [6.45, 7) is 0. The number of para-hydroxylation sites is 1. The average Bonchev–Trinajstić information content (AvgIpc) is 3.31. The molecular weight excluding hydrogens is 526 g/mol. The molecule has 0 saturated heterocycles. The second kappa shape index (κ2) is 9.48. The summed E-state index contributed by atoms with van der Waals surface area (Å²) in [5, 5.41) is 2.54. The molecule has 0 bridgehead atoms. The Morgan fingerprint density at radius 1 is 0.368 bits per heavy atom. The van der Waals surface area contributed by atoms with E-state index in [4.69, 9.17) is 0 Å². The van der Waals surface area contributed by atoms with Crippen molar-refractivity contribution in [2.75, 3.05) is 0 Å². The van der Waals surface area contributed by atoms with Crippen molar-refractivity contribution in [2.24, 2.45) is 0 Å². The van der Waals surface area contributed by atoms with E-state index in [0.717, 1.165) is 10.2 Å². The second-order valence-corrected chi connectivity index (χ2v) is 10.5. The van der Waals surface area contributed by atoms with E-state index >= 15 is 0 Å². The van der Waals surface area contributed by atoms with E-state index in [-0.39, 0.29) is 0 Å². The van der Waals surface area contributed by atoms with E-state index in [2.05, 4.69) is 166 Å². The lowest BCUT2D eigenvalue weighted by Crippen LogP contribution is -1.94. The van der Waals surface area contributed by atoms with Gasteiger partial charge in [0.1, 0.15) is 0 Å². The van der Waals surface area contributed by atoms with Gasteiger partial charge in [-0.2, -0.15) is 0 Å². The highest BCUT2D eigenvalue weighted by Crippen LogP contribution is 2.36. The Balaban J connectivity index is 1.34. The lowest BCUT2D eigenvalue weighted by molar-refractivity contribution is 1.18. The molecule has 7 rings (SSSR count). The van der Waals surface area contributed by atoms with Gasteiger partial charge in [-0.15, -0.1) is 0 Å². The molecule has 6 aromatic carbocycles. The summed E-state index contributed by atoms with van der Waals surface area (Å²) in [7, 11) is 0. The number of hydrogen-bond donors (Lipinski definition) is 0. The minimum absolute atomic E-state index is 1.09. The first-order chi connectivity index (χ1) is 18.7. The minimum atomic E-state index is 1.09. The normalized spacial score (nSPS) is 11.3. The standard InChI is InChI=1S/C36H24BrN/c37-31-10-6-9-29(23-31)27-13-15-28(16-14-27)30-19-22-34-33-11-4-5-12-35(33)38(36(34)24-30)32-20-17-26(18-21-32)25-7-2-1-3-8-25/h1-24H. The Labute approximate surface area is 230 Å². The predicted octanol–water partition coefficient (Wildman–Crippen LogP) is 10.5. The zero-order chi connectivity index (χ0) is 25.5. The molecule has 1 nitrogen and oxygen atoms in total. The van der Waals surface area contributed by atoms with Crippen LogP contribution in [0.2, 0.25) is 0 Å². The van der Waals surface area contributed by atoms with Crippen LogP contribution in [0, 0.1) is 0 Å². The third kappa shape index (κ3) is 4.04. The first-order valence-electron chi connectivity index (χ1n) is 12.8. The first-order valence-corrected chi connectivity index (χ1v) is 13.6. The van der Waals surface area contributed by atoms with Crippen LogP contribution < -0.4 is 0 Å². The van der Waals surface area contributed by atoms with Crippen molar-refractivity contribution in [3.63, 3.8) is 0 Å². The smallest absolute Gasteiger partial charge is 0.0547 e. The summed E-state index contributed by atoms with van der Waals surface area (Å²) in [6.07, 6.45) is 0. The van der Waals surface area contributed by atoms with Crippen molar-refractivity contribution in [1.82, 2.24) is 4.57 Å². The van der Waals surface area contributed by atoms with Crippen molar-refractivity contribution < 1.29 is 0 Å². The quantitative estimate of drug-likeness (QED) is 0.205. The molecule has 0 radical (unpaired) electrons. The number of fused-ring (bicyclic) bond motifs is 3. The Bertz CT molecular complexity index is 1900. The van der Waals surface area contributed by atoms with Crippen molar-refractivity contribution in [3.8, 4) is 39.1 Å². The minimum Gasteiger partial charge on any atom is -0.309 e. The summed E-state index contributed by atoms with van der Waals surface area (Å²) in [4.78, 5) is 0. The Morgan fingerprint density at radius 2 is 0.895 bits per heavy atom. The summed E-state index contributed by atoms with van der Waals surface area (Å²) in [5.41, 5.74) is 10.9. The molecule has 0 spiro atoms. The molecular formula is C36H24BrN. The van der Waals surface area contributed by atoms with Gasteiger partial charge in [0, 0.05) is 20.9 Å². The Morgan fingerprint density at radius 3 is 1.63 bits per heavy atom. The van der Waals surface area contributed by atoms with E-state index in [1.54, 1.807) is 0 Å². The number of rotatable bonds is 4. The van der Waals surface area contributed by atoms with Gasteiger partial charge in [-0.3, -0.25) is 0 Å². The van der Waals surface area contributed by atoms with Crippen LogP contribution >= 0.6 is 15.9 Å². The number of halogens is 1. The molecule has 0 amide bonds. The van der Waals surface area contributed by atoms with Gasteiger partial charge in [0.2, 0.25) is 0 Å². The summed E-state index contributed by atoms with van der Waals surface area (Å²) >= 11 is 3.59. The van der Waals surface area contributed by atoms with Crippen LogP contribution in [0.25, 0.3) is 60.9 Å². The molecule has 0 atom stereocenters. The molecule has 7 aromatic rings. The van der Waals surface area contributed by atoms with E-state index in [1.807, 2.05) is 0 Å². The zero-order valence-electron chi connectivity index (χ0n) is 20.7. The van der Waals surface area contributed by atoms with Crippen molar-refractivity contribution in [1.29, 1.82) is 0 Å². The van der Waals surface area contributed by atoms with Crippen molar-refractivity contribution in [2.45, 2.75) is 0 Å². The number of nitrogens with zero attached hydrogens (tertiary/aromatic N) is 1. The van der Waals surface area contributed by atoms with E-state index < -0.39 is 0 Å². The predicted molar refractivity (Wildman–Crippen MR) is 165 cm³/mol. The van der Waals surface area contributed by atoms with Gasteiger partial charge in [0.15, 0.2) is 0 Å². The van der Waals surface area contributed by atoms with Gasteiger partial charge in [-0.25, -0.2) is 0 Å². The van der Waals surface area contributed by atoms with Crippen molar-refractivity contribution in [3.05, 3.63) is 150 Å². The van der Waals surface area contributed by atoms with Crippen molar-refractivity contribution >= 4 is 37.7 Å². The van der Waals surface area contributed by atoms with Gasteiger partial charge in [-0.05, 0) is 69.8 Å². The van der Waals surface area contributed by atoms with E-state index in [1.165, 1.54) is 55.2 Å². The van der Waals surface area contributed by atoms with Gasteiger partial charge in [0.05, 0.1) is 11.0 Å². The molecule has 2 heteroatoms. The van der Waals surface area contributed by atoms with E-state index in [9.17, 15) is 0 Å². The number of hydrogen-bond acceptors (Lipinski definition) is 0. The Kier molecular flexibility index (Phi) is 5.68. The van der Waals surface area contributed by atoms with Gasteiger partial charge >= 0.3 is 0 Å². The molecule has 0 saturated carbocycles. The average molecular weight is 550 g/mol. The molecule has 38 heavy (non-hydrogen) atoms. The van der Waals surface area contributed by atoms with Gasteiger partial charge in [-0.1, -0.05) is 125 Å². The summed E-state index contributed by atoms with van der Waals surface area (Å²) in [5.74, 6) is 0. The van der Waals surface area contributed by atoms with Crippen LogP contribution in [0.5, 0.6) is 0 Å². The van der Waals surface area contributed by atoms with Crippen LogP contribution in [0.1, 0.15) is 0 Å². The highest BCUT2D eigenvalue weighted by molar-refractivity contribution is 9.10. The molecule has 0 unspecified atom stereocenters.